The number of nitrogens with zero attached hydrogens (tertiary/aromatic N) is 4. The van der Waals surface area contributed by atoms with Gasteiger partial charge >= 0.3 is 5.69 Å². The first-order chi connectivity index (χ1) is 10.1. The molecule has 1 aliphatic rings. The maximum Gasteiger partial charge on any atom is 0.354 e. The molecule has 114 valence electrons. The maximum absolute atomic E-state index is 11.9. The Morgan fingerprint density at radius 3 is 3.00 bits per heavy atom. The molecule has 4 N–H and O–H groups in total. The first-order valence-electron chi connectivity index (χ1n) is 6.12. The summed E-state index contributed by atoms with van der Waals surface area (Å²) in [4.78, 5) is 31.7. The molecule has 0 saturated carbocycles. The summed E-state index contributed by atoms with van der Waals surface area (Å²) in [5, 5.41) is 13.8. The number of rotatable bonds is 4. The summed E-state index contributed by atoms with van der Waals surface area (Å²) in [6.45, 7) is 0.742. The number of carbonyl (C=O) groups is 1. The fraction of sp³-hybridized carbons (Fsp3) is 0.500. The minimum absolute atomic E-state index is 0.0276. The number of hydrogen-bond donors (Lipinski definition) is 3. The second kappa shape index (κ2) is 6.28. The highest BCUT2D eigenvalue weighted by Gasteiger charge is 2.35. The summed E-state index contributed by atoms with van der Waals surface area (Å²) in [5.41, 5.74) is 1.78. The van der Waals surface area contributed by atoms with E-state index in [9.17, 15) is 14.9 Å². The zero-order valence-electron chi connectivity index (χ0n) is 11.3. The number of nitrogens with one attached hydrogen (secondary N) is 2. The largest absolute Gasteiger partial charge is 0.377 e. The fourth-order valence-corrected chi connectivity index (χ4v) is 2.09. The van der Waals surface area contributed by atoms with Gasteiger partial charge in [-0.3, -0.25) is 14.9 Å². The van der Waals surface area contributed by atoms with Crippen LogP contribution in [0.2, 0.25) is 0 Å². The standard InChI is InChI=1S/C10H15N7O4/c1-12-10(18)6-4-21-3-2-16(6)9-7(17(19)20)8(15-11)13-5-14-9/h5-6H,2-4,11H2,1H3,(H,12,18)(H,13,14,15). The Balaban J connectivity index is 2.48. The molecular weight excluding hydrogens is 282 g/mol. The van der Waals surface area contributed by atoms with Crippen LogP contribution in [-0.4, -0.2) is 53.6 Å². The van der Waals surface area contributed by atoms with Gasteiger partial charge in [0, 0.05) is 13.6 Å². The summed E-state index contributed by atoms with van der Waals surface area (Å²) in [6.07, 6.45) is 1.15. The van der Waals surface area contributed by atoms with Crippen molar-refractivity contribution in [3.63, 3.8) is 0 Å². The van der Waals surface area contributed by atoms with Crippen molar-refractivity contribution in [2.75, 3.05) is 37.1 Å². The van der Waals surface area contributed by atoms with Gasteiger partial charge in [-0.25, -0.2) is 15.8 Å². The van der Waals surface area contributed by atoms with Crippen molar-refractivity contribution in [1.82, 2.24) is 15.3 Å². The molecule has 1 fully saturated rings. The van der Waals surface area contributed by atoms with Gasteiger partial charge in [0.05, 0.1) is 18.1 Å². The Morgan fingerprint density at radius 2 is 2.38 bits per heavy atom. The van der Waals surface area contributed by atoms with Gasteiger partial charge in [0.2, 0.25) is 17.5 Å². The van der Waals surface area contributed by atoms with Gasteiger partial charge in [0.1, 0.15) is 12.4 Å². The number of nitrogen functional groups attached to an aromatic ring is 1. The van der Waals surface area contributed by atoms with Crippen LogP contribution in [0.4, 0.5) is 17.3 Å². The normalized spacial score (nSPS) is 18.2. The zero-order chi connectivity index (χ0) is 15.4. The summed E-state index contributed by atoms with van der Waals surface area (Å²) in [5.74, 6) is 4.83. The van der Waals surface area contributed by atoms with Crippen molar-refractivity contribution in [1.29, 1.82) is 0 Å². The van der Waals surface area contributed by atoms with E-state index in [4.69, 9.17) is 10.6 Å². The van der Waals surface area contributed by atoms with E-state index in [-0.39, 0.29) is 29.8 Å². The number of nitro groups is 1. The van der Waals surface area contributed by atoms with E-state index in [1.807, 2.05) is 0 Å². The Morgan fingerprint density at radius 1 is 1.62 bits per heavy atom. The molecule has 1 aliphatic heterocycles. The van der Waals surface area contributed by atoms with Crippen molar-refractivity contribution in [3.8, 4) is 0 Å². The van der Waals surface area contributed by atoms with Crippen LogP contribution in [0.1, 0.15) is 0 Å². The maximum atomic E-state index is 11.9. The highest BCUT2D eigenvalue weighted by Crippen LogP contribution is 2.32. The number of likely N-dealkylation sites (N-methyl/N-ethyl adjacent to an activating group) is 1. The number of anilines is 2. The molecule has 11 heteroatoms. The predicted molar refractivity (Wildman–Crippen MR) is 72.5 cm³/mol. The Hall–Kier alpha value is -2.53. The lowest BCUT2D eigenvalue weighted by Crippen LogP contribution is -2.53. The molecular formula is C10H15N7O4. The second-order valence-electron chi connectivity index (χ2n) is 4.19. The first-order valence-corrected chi connectivity index (χ1v) is 6.12. The highest BCUT2D eigenvalue weighted by molar-refractivity contribution is 5.86. The topological polar surface area (TPSA) is 149 Å². The van der Waals surface area contributed by atoms with E-state index in [2.05, 4.69) is 20.7 Å². The SMILES string of the molecule is CNC(=O)C1COCCN1c1ncnc(NN)c1[N+](=O)[O-]. The van der Waals surface area contributed by atoms with Crippen LogP contribution in [0.25, 0.3) is 0 Å². The van der Waals surface area contributed by atoms with Crippen LogP contribution in [0, 0.1) is 10.1 Å². The molecule has 0 radical (unpaired) electrons. The molecule has 1 aromatic heterocycles. The molecule has 0 bridgehead atoms. The van der Waals surface area contributed by atoms with E-state index < -0.39 is 11.0 Å². The monoisotopic (exact) mass is 297 g/mol. The van der Waals surface area contributed by atoms with Crippen molar-refractivity contribution in [3.05, 3.63) is 16.4 Å². The average molecular weight is 297 g/mol. The van der Waals surface area contributed by atoms with Crippen LogP contribution in [-0.2, 0) is 9.53 Å². The molecule has 0 aliphatic carbocycles. The third-order valence-electron chi connectivity index (χ3n) is 3.07. The van der Waals surface area contributed by atoms with E-state index in [0.29, 0.717) is 13.2 Å². The lowest BCUT2D eigenvalue weighted by Gasteiger charge is -2.34. The molecule has 0 aromatic carbocycles. The van der Waals surface area contributed by atoms with Crippen molar-refractivity contribution >= 4 is 23.2 Å². The molecule has 11 nitrogen and oxygen atoms in total. The van der Waals surface area contributed by atoms with Gasteiger partial charge in [-0.15, -0.1) is 0 Å². The van der Waals surface area contributed by atoms with Crippen LogP contribution in [0.3, 0.4) is 0 Å². The number of carbonyl (C=O) groups excluding carboxylic acids is 1. The minimum Gasteiger partial charge on any atom is -0.377 e. The second-order valence-corrected chi connectivity index (χ2v) is 4.19. The van der Waals surface area contributed by atoms with Crippen LogP contribution < -0.4 is 21.5 Å². The quantitative estimate of drug-likeness (QED) is 0.347. The number of morpholine rings is 1. The molecule has 0 spiro atoms. The molecule has 1 unspecified atom stereocenters. The molecule has 1 amide bonds. The molecule has 21 heavy (non-hydrogen) atoms. The lowest BCUT2D eigenvalue weighted by molar-refractivity contribution is -0.383. The Bertz CT molecular complexity index is 552. The smallest absolute Gasteiger partial charge is 0.354 e. The summed E-state index contributed by atoms with van der Waals surface area (Å²) < 4.78 is 5.26. The van der Waals surface area contributed by atoms with Gasteiger partial charge in [-0.05, 0) is 0 Å². The van der Waals surface area contributed by atoms with E-state index >= 15 is 0 Å². The first kappa shape index (κ1) is 14.9. The summed E-state index contributed by atoms with van der Waals surface area (Å²) in [7, 11) is 1.48. The van der Waals surface area contributed by atoms with Crippen molar-refractivity contribution < 1.29 is 14.5 Å². The van der Waals surface area contributed by atoms with Gasteiger partial charge in [-0.1, -0.05) is 0 Å². The molecule has 1 saturated heterocycles. The number of hydrogen-bond acceptors (Lipinski definition) is 9. The Labute approximate surface area is 119 Å². The van der Waals surface area contributed by atoms with Crippen LogP contribution >= 0.6 is 0 Å². The number of nitrogens with two attached hydrogens (primary N) is 1. The molecule has 2 rings (SSSR count). The summed E-state index contributed by atoms with van der Waals surface area (Å²) >= 11 is 0. The third kappa shape index (κ3) is 2.83. The van der Waals surface area contributed by atoms with E-state index in [1.54, 1.807) is 0 Å². The van der Waals surface area contributed by atoms with Crippen molar-refractivity contribution in [2.24, 2.45) is 5.84 Å². The lowest BCUT2D eigenvalue weighted by atomic mass is 10.2. The predicted octanol–water partition coefficient (Wildman–Crippen LogP) is -1.38. The van der Waals surface area contributed by atoms with Crippen molar-refractivity contribution in [2.45, 2.75) is 6.04 Å². The van der Waals surface area contributed by atoms with Gasteiger partial charge in [0.25, 0.3) is 0 Å². The zero-order valence-corrected chi connectivity index (χ0v) is 11.3. The van der Waals surface area contributed by atoms with E-state index in [0.717, 1.165) is 6.33 Å². The highest BCUT2D eigenvalue weighted by atomic mass is 16.6. The minimum atomic E-state index is -0.706. The number of hydrazine groups is 1. The van der Waals surface area contributed by atoms with E-state index in [1.165, 1.54) is 11.9 Å². The number of amides is 1. The van der Waals surface area contributed by atoms with Crippen LogP contribution in [0.15, 0.2) is 6.33 Å². The average Bonchev–Trinajstić information content (AvgIpc) is 2.53. The van der Waals surface area contributed by atoms with Gasteiger partial charge in [0.15, 0.2) is 0 Å². The van der Waals surface area contributed by atoms with Gasteiger partial charge in [-0.2, -0.15) is 0 Å². The fourth-order valence-electron chi connectivity index (χ4n) is 2.09. The third-order valence-corrected chi connectivity index (χ3v) is 3.07. The number of aromatic nitrogens is 2. The summed E-state index contributed by atoms with van der Waals surface area (Å²) in [6, 6.07) is -0.706. The molecule has 1 aromatic rings. The molecule has 2 heterocycles. The number of ether oxygens (including phenoxy) is 1. The molecule has 1 atom stereocenters. The van der Waals surface area contributed by atoms with Crippen LogP contribution in [0.5, 0.6) is 0 Å². The Kier molecular flexibility index (Phi) is 4.45. The van der Waals surface area contributed by atoms with Gasteiger partial charge < -0.3 is 20.4 Å².